The van der Waals surface area contributed by atoms with Crippen molar-refractivity contribution in [1.82, 2.24) is 9.80 Å². The van der Waals surface area contributed by atoms with Crippen molar-refractivity contribution in [1.29, 1.82) is 0 Å². The van der Waals surface area contributed by atoms with Crippen molar-refractivity contribution >= 4 is 12.0 Å². The van der Waals surface area contributed by atoms with Gasteiger partial charge in [0, 0.05) is 27.2 Å². The maximum Gasteiger partial charge on any atom is 0.410 e. The quantitative estimate of drug-likeness (QED) is 0.707. The molecule has 0 aliphatic heterocycles. The van der Waals surface area contributed by atoms with Gasteiger partial charge in [-0.25, -0.2) is 4.79 Å². The molecule has 0 aromatic heterocycles. The molecule has 1 aromatic rings. The number of rotatable bonds is 8. The first kappa shape index (κ1) is 21.8. The lowest BCUT2D eigenvalue weighted by molar-refractivity contribution is -0.131. The van der Waals surface area contributed by atoms with Crippen LogP contribution in [-0.4, -0.2) is 68.4 Å². The fourth-order valence-electron chi connectivity index (χ4n) is 2.18. The number of nitrogens with zero attached hydrogens (tertiary/aromatic N) is 2. The molecule has 7 heteroatoms. The molecule has 2 amide bonds. The SMILES string of the molecule is COCCN(CC(=O)N(C)Cc1cccc(OC)c1)C(=O)OC(C)(C)C. The van der Waals surface area contributed by atoms with Crippen LogP contribution in [0.5, 0.6) is 5.75 Å². The zero-order valence-corrected chi connectivity index (χ0v) is 16.6. The van der Waals surface area contributed by atoms with Crippen LogP contribution < -0.4 is 4.74 Å². The van der Waals surface area contributed by atoms with Crippen molar-refractivity contribution in [2.24, 2.45) is 0 Å². The highest BCUT2D eigenvalue weighted by Gasteiger charge is 2.25. The highest BCUT2D eigenvalue weighted by molar-refractivity contribution is 5.82. The van der Waals surface area contributed by atoms with E-state index in [-0.39, 0.29) is 19.0 Å². The highest BCUT2D eigenvalue weighted by Crippen LogP contribution is 2.14. The van der Waals surface area contributed by atoms with Gasteiger partial charge in [-0.15, -0.1) is 0 Å². The van der Waals surface area contributed by atoms with Gasteiger partial charge in [0.05, 0.1) is 13.7 Å². The van der Waals surface area contributed by atoms with Gasteiger partial charge in [0.25, 0.3) is 0 Å². The zero-order valence-electron chi connectivity index (χ0n) is 16.6. The smallest absolute Gasteiger partial charge is 0.410 e. The van der Waals surface area contributed by atoms with Gasteiger partial charge in [-0.05, 0) is 38.5 Å². The molecule has 0 radical (unpaired) electrons. The lowest BCUT2D eigenvalue weighted by Crippen LogP contribution is -2.44. The van der Waals surface area contributed by atoms with Crippen LogP contribution in [0.3, 0.4) is 0 Å². The second kappa shape index (κ2) is 10.0. The third kappa shape index (κ3) is 7.74. The van der Waals surface area contributed by atoms with Gasteiger partial charge in [-0.1, -0.05) is 12.1 Å². The summed E-state index contributed by atoms with van der Waals surface area (Å²) in [6.07, 6.45) is -0.530. The fourth-order valence-corrected chi connectivity index (χ4v) is 2.18. The largest absolute Gasteiger partial charge is 0.497 e. The minimum atomic E-state index is -0.627. The summed E-state index contributed by atoms with van der Waals surface area (Å²) < 4.78 is 15.6. The molecule has 146 valence electrons. The van der Waals surface area contributed by atoms with Gasteiger partial charge in [-0.2, -0.15) is 0 Å². The first-order valence-corrected chi connectivity index (χ1v) is 8.50. The summed E-state index contributed by atoms with van der Waals surface area (Å²) >= 11 is 0. The molecular formula is C19H30N2O5. The Balaban J connectivity index is 2.72. The monoisotopic (exact) mass is 366 g/mol. The molecule has 0 unspecified atom stereocenters. The Hall–Kier alpha value is -2.28. The van der Waals surface area contributed by atoms with Crippen LogP contribution in [0.4, 0.5) is 4.79 Å². The maximum atomic E-state index is 12.5. The third-order valence-corrected chi connectivity index (χ3v) is 3.52. The first-order valence-electron chi connectivity index (χ1n) is 8.50. The molecule has 0 aliphatic carbocycles. The van der Waals surface area contributed by atoms with Crippen LogP contribution in [-0.2, 0) is 20.8 Å². The molecule has 0 fully saturated rings. The van der Waals surface area contributed by atoms with Gasteiger partial charge < -0.3 is 19.1 Å². The lowest BCUT2D eigenvalue weighted by Gasteiger charge is -2.28. The summed E-state index contributed by atoms with van der Waals surface area (Å²) in [6, 6.07) is 7.52. The van der Waals surface area contributed by atoms with Crippen molar-refractivity contribution in [2.45, 2.75) is 32.9 Å². The van der Waals surface area contributed by atoms with Gasteiger partial charge in [0.15, 0.2) is 0 Å². The average molecular weight is 366 g/mol. The number of amides is 2. The fraction of sp³-hybridized carbons (Fsp3) is 0.579. The van der Waals surface area contributed by atoms with E-state index in [0.29, 0.717) is 13.2 Å². The van der Waals surface area contributed by atoms with Crippen molar-refractivity contribution in [3.63, 3.8) is 0 Å². The number of methoxy groups -OCH3 is 2. The van der Waals surface area contributed by atoms with Crippen LogP contribution in [0, 0.1) is 0 Å². The lowest BCUT2D eigenvalue weighted by atomic mass is 10.2. The van der Waals surface area contributed by atoms with E-state index >= 15 is 0 Å². The molecule has 7 nitrogen and oxygen atoms in total. The highest BCUT2D eigenvalue weighted by atomic mass is 16.6. The summed E-state index contributed by atoms with van der Waals surface area (Å²) in [4.78, 5) is 27.8. The number of hydrogen-bond acceptors (Lipinski definition) is 5. The van der Waals surface area contributed by atoms with Crippen molar-refractivity contribution in [2.75, 3.05) is 41.0 Å². The third-order valence-electron chi connectivity index (χ3n) is 3.52. The normalized spacial score (nSPS) is 11.0. The molecular weight excluding hydrogens is 336 g/mol. The number of likely N-dealkylation sites (N-methyl/N-ethyl adjacent to an activating group) is 1. The second-order valence-electron chi connectivity index (χ2n) is 7.00. The number of hydrogen-bond donors (Lipinski definition) is 0. The predicted molar refractivity (Wildman–Crippen MR) is 99.2 cm³/mol. The Bertz CT molecular complexity index is 598. The Morgan fingerprint density at radius 3 is 2.42 bits per heavy atom. The van der Waals surface area contributed by atoms with Crippen molar-refractivity contribution in [3.05, 3.63) is 29.8 Å². The molecule has 0 bridgehead atoms. The Labute approximate surface area is 155 Å². The summed E-state index contributed by atoms with van der Waals surface area (Å²) in [5.74, 6) is 0.550. The number of benzene rings is 1. The molecule has 1 rings (SSSR count). The Morgan fingerprint density at radius 2 is 1.85 bits per heavy atom. The predicted octanol–water partition coefficient (Wildman–Crippen LogP) is 2.54. The average Bonchev–Trinajstić information content (AvgIpc) is 2.56. The molecule has 0 heterocycles. The van der Waals surface area contributed by atoms with E-state index < -0.39 is 11.7 Å². The van der Waals surface area contributed by atoms with E-state index in [1.165, 1.54) is 4.90 Å². The van der Waals surface area contributed by atoms with Gasteiger partial charge in [0.1, 0.15) is 17.9 Å². The van der Waals surface area contributed by atoms with E-state index in [4.69, 9.17) is 14.2 Å². The molecule has 0 spiro atoms. The molecule has 0 atom stereocenters. The number of carbonyl (C=O) groups excluding carboxylic acids is 2. The maximum absolute atomic E-state index is 12.5. The number of ether oxygens (including phenoxy) is 3. The van der Waals surface area contributed by atoms with E-state index in [9.17, 15) is 9.59 Å². The van der Waals surface area contributed by atoms with Crippen LogP contribution in [0.1, 0.15) is 26.3 Å². The summed E-state index contributed by atoms with van der Waals surface area (Å²) in [6.45, 7) is 6.32. The van der Waals surface area contributed by atoms with Gasteiger partial charge in [-0.3, -0.25) is 9.69 Å². The minimum absolute atomic E-state index is 0.0707. The second-order valence-corrected chi connectivity index (χ2v) is 7.00. The summed E-state index contributed by atoms with van der Waals surface area (Å²) in [5.41, 5.74) is 0.318. The van der Waals surface area contributed by atoms with Gasteiger partial charge >= 0.3 is 6.09 Å². The molecule has 1 aromatic carbocycles. The van der Waals surface area contributed by atoms with Gasteiger partial charge in [0.2, 0.25) is 5.91 Å². The topological polar surface area (TPSA) is 68.3 Å². The molecule has 0 aliphatic rings. The minimum Gasteiger partial charge on any atom is -0.497 e. The van der Waals surface area contributed by atoms with Crippen LogP contribution in [0.25, 0.3) is 0 Å². The number of carbonyl (C=O) groups is 2. The molecule has 0 saturated heterocycles. The summed E-state index contributed by atoms with van der Waals surface area (Å²) in [7, 11) is 4.85. The van der Waals surface area contributed by atoms with E-state index in [0.717, 1.165) is 11.3 Å². The molecule has 26 heavy (non-hydrogen) atoms. The first-order chi connectivity index (χ1) is 12.2. The van der Waals surface area contributed by atoms with E-state index in [1.807, 2.05) is 24.3 Å². The summed E-state index contributed by atoms with van der Waals surface area (Å²) in [5, 5.41) is 0. The molecule has 0 saturated carbocycles. The van der Waals surface area contributed by atoms with E-state index in [2.05, 4.69) is 0 Å². The standard InChI is InChI=1S/C19H30N2O5/c1-19(2,3)26-18(23)21(10-11-24-5)14-17(22)20(4)13-15-8-7-9-16(12-15)25-6/h7-9,12H,10-11,13-14H2,1-6H3. The van der Waals surface area contributed by atoms with Crippen molar-refractivity contribution < 1.29 is 23.8 Å². The zero-order chi connectivity index (χ0) is 19.7. The molecule has 0 N–H and O–H groups in total. The van der Waals surface area contributed by atoms with Crippen LogP contribution in [0.15, 0.2) is 24.3 Å². The van der Waals surface area contributed by atoms with Crippen LogP contribution >= 0.6 is 0 Å². The Kier molecular flexibility index (Phi) is 8.38. The Morgan fingerprint density at radius 1 is 1.15 bits per heavy atom. The van der Waals surface area contributed by atoms with Crippen molar-refractivity contribution in [3.8, 4) is 5.75 Å². The van der Waals surface area contributed by atoms with Crippen LogP contribution in [0.2, 0.25) is 0 Å². The van der Waals surface area contributed by atoms with E-state index in [1.54, 1.807) is 46.9 Å².